The molecule has 0 N–H and O–H groups in total. The van der Waals surface area contributed by atoms with Gasteiger partial charge in [-0.1, -0.05) is 59.1 Å². The fourth-order valence-electron chi connectivity index (χ4n) is 3.01. The molecule has 0 aliphatic carbocycles. The first kappa shape index (κ1) is 23.0. The summed E-state index contributed by atoms with van der Waals surface area (Å²) < 4.78 is 12.3. The summed E-state index contributed by atoms with van der Waals surface area (Å²) in [7, 11) is 0. The van der Waals surface area contributed by atoms with Gasteiger partial charge in [0.2, 0.25) is 5.89 Å². The van der Waals surface area contributed by atoms with Crippen LogP contribution in [0.5, 0.6) is 0 Å². The Morgan fingerprint density at radius 2 is 1.91 bits per heavy atom. The van der Waals surface area contributed by atoms with Gasteiger partial charge in [0.15, 0.2) is 6.61 Å². The van der Waals surface area contributed by atoms with Crippen LogP contribution in [0.4, 0.5) is 0 Å². The Morgan fingerprint density at radius 1 is 1.12 bits per heavy atom. The molecule has 0 unspecified atom stereocenters. The summed E-state index contributed by atoms with van der Waals surface area (Å²) in [6.07, 6.45) is 2.82. The van der Waals surface area contributed by atoms with E-state index < -0.39 is 5.97 Å². The number of esters is 1. The van der Waals surface area contributed by atoms with E-state index in [9.17, 15) is 4.79 Å². The lowest BCUT2D eigenvalue weighted by Crippen LogP contribution is -2.02. The van der Waals surface area contributed by atoms with Crippen molar-refractivity contribution in [1.82, 2.24) is 20.0 Å². The predicted octanol–water partition coefficient (Wildman–Crippen LogP) is 6.01. The second-order valence-corrected chi connectivity index (χ2v) is 8.19. The lowest BCUT2D eigenvalue weighted by Gasteiger charge is -2.06. The summed E-state index contributed by atoms with van der Waals surface area (Å²) in [4.78, 5) is 12.2. The van der Waals surface area contributed by atoms with Gasteiger partial charge in [0, 0.05) is 27.2 Å². The van der Waals surface area contributed by atoms with Crippen molar-refractivity contribution in [3.05, 3.63) is 92.5 Å². The number of benzene rings is 2. The normalized spacial score (nSPS) is 11.3. The molecule has 0 saturated carbocycles. The van der Waals surface area contributed by atoms with E-state index in [1.165, 1.54) is 6.08 Å². The molecular formula is C23H17Cl3N4O3. The van der Waals surface area contributed by atoms with E-state index >= 15 is 0 Å². The molecule has 33 heavy (non-hydrogen) atoms. The van der Waals surface area contributed by atoms with Crippen molar-refractivity contribution in [3.8, 4) is 11.5 Å². The zero-order valence-corrected chi connectivity index (χ0v) is 19.6. The van der Waals surface area contributed by atoms with Crippen molar-refractivity contribution < 1.29 is 13.9 Å². The lowest BCUT2D eigenvalue weighted by atomic mass is 10.2. The molecule has 0 radical (unpaired) electrons. The largest absolute Gasteiger partial charge is 0.452 e. The monoisotopic (exact) mass is 502 g/mol. The molecule has 4 aromatic rings. The predicted molar refractivity (Wildman–Crippen MR) is 126 cm³/mol. The minimum atomic E-state index is -0.585. The standard InChI is InChI=1S/C23H17Cl3N4O3/c1-14-18(22(26)30(29-14)12-16-7-8-17(24)11-19(16)25)9-10-21(31)32-13-20-27-28-23(33-20)15-5-3-2-4-6-15/h2-11H,12-13H2,1H3/b10-9+. The SMILES string of the molecule is Cc1nn(Cc2ccc(Cl)cc2Cl)c(Cl)c1/C=C/C(=O)OCc1nnc(-c2ccccc2)o1. The molecular weight excluding hydrogens is 487 g/mol. The maximum Gasteiger partial charge on any atom is 0.331 e. The van der Waals surface area contributed by atoms with Gasteiger partial charge in [-0.05, 0) is 42.8 Å². The van der Waals surface area contributed by atoms with Crippen molar-refractivity contribution in [2.24, 2.45) is 0 Å². The van der Waals surface area contributed by atoms with Crippen LogP contribution in [0.2, 0.25) is 15.2 Å². The summed E-state index contributed by atoms with van der Waals surface area (Å²) >= 11 is 18.7. The maximum atomic E-state index is 12.2. The highest BCUT2D eigenvalue weighted by Gasteiger charge is 2.14. The number of halogens is 3. The van der Waals surface area contributed by atoms with E-state index in [2.05, 4.69) is 15.3 Å². The molecule has 0 aliphatic heterocycles. The average Bonchev–Trinajstić information content (AvgIpc) is 3.38. The Balaban J connectivity index is 1.38. The van der Waals surface area contributed by atoms with Gasteiger partial charge in [0.1, 0.15) is 5.15 Å². The van der Waals surface area contributed by atoms with Gasteiger partial charge in [-0.3, -0.25) is 0 Å². The van der Waals surface area contributed by atoms with Crippen LogP contribution in [0.3, 0.4) is 0 Å². The number of aryl methyl sites for hydroxylation is 1. The van der Waals surface area contributed by atoms with Crippen molar-refractivity contribution >= 4 is 46.8 Å². The molecule has 0 aliphatic rings. The summed E-state index contributed by atoms with van der Waals surface area (Å²) in [5.41, 5.74) is 2.85. The van der Waals surface area contributed by atoms with Crippen molar-refractivity contribution in [2.75, 3.05) is 0 Å². The van der Waals surface area contributed by atoms with Crippen molar-refractivity contribution in [3.63, 3.8) is 0 Å². The molecule has 10 heteroatoms. The number of ether oxygens (including phenoxy) is 1. The first-order valence-corrected chi connectivity index (χ1v) is 10.9. The highest BCUT2D eigenvalue weighted by Crippen LogP contribution is 2.26. The third kappa shape index (κ3) is 5.63. The van der Waals surface area contributed by atoms with E-state index in [-0.39, 0.29) is 12.5 Å². The second-order valence-electron chi connectivity index (χ2n) is 6.99. The molecule has 2 aromatic heterocycles. The third-order valence-corrected chi connectivity index (χ3v) is 5.64. The summed E-state index contributed by atoms with van der Waals surface area (Å²) in [6.45, 7) is 2.00. The highest BCUT2D eigenvalue weighted by molar-refractivity contribution is 6.35. The van der Waals surface area contributed by atoms with E-state index in [0.29, 0.717) is 38.9 Å². The Kier molecular flexibility index (Phi) is 7.13. The van der Waals surface area contributed by atoms with E-state index in [4.69, 9.17) is 44.0 Å². The lowest BCUT2D eigenvalue weighted by molar-refractivity contribution is -0.139. The molecule has 0 fully saturated rings. The van der Waals surface area contributed by atoms with E-state index in [0.717, 1.165) is 11.1 Å². The summed E-state index contributed by atoms with van der Waals surface area (Å²) in [5.74, 6) is -0.0382. The van der Waals surface area contributed by atoms with Gasteiger partial charge in [0.05, 0.1) is 12.2 Å². The minimum absolute atomic E-state index is 0.149. The van der Waals surface area contributed by atoms with E-state index in [1.54, 1.807) is 29.8 Å². The summed E-state index contributed by atoms with van der Waals surface area (Å²) in [5, 5.41) is 13.7. The number of aromatic nitrogens is 4. The van der Waals surface area contributed by atoms with Gasteiger partial charge in [-0.15, -0.1) is 10.2 Å². The molecule has 4 rings (SSSR count). The molecule has 168 valence electrons. The number of nitrogens with zero attached hydrogens (tertiary/aromatic N) is 4. The zero-order valence-electron chi connectivity index (χ0n) is 17.3. The first-order chi connectivity index (χ1) is 15.9. The van der Waals surface area contributed by atoms with Crippen LogP contribution >= 0.6 is 34.8 Å². The number of hydrogen-bond acceptors (Lipinski definition) is 6. The van der Waals surface area contributed by atoms with Gasteiger partial charge >= 0.3 is 5.97 Å². The molecule has 0 amide bonds. The Morgan fingerprint density at radius 3 is 2.67 bits per heavy atom. The maximum absolute atomic E-state index is 12.2. The van der Waals surface area contributed by atoms with Gasteiger partial charge < -0.3 is 9.15 Å². The van der Waals surface area contributed by atoms with Crippen LogP contribution < -0.4 is 0 Å². The summed E-state index contributed by atoms with van der Waals surface area (Å²) in [6, 6.07) is 14.5. The van der Waals surface area contributed by atoms with Gasteiger partial charge in [-0.2, -0.15) is 5.10 Å². The third-order valence-electron chi connectivity index (χ3n) is 4.66. The quantitative estimate of drug-likeness (QED) is 0.227. The number of carbonyl (C=O) groups is 1. The topological polar surface area (TPSA) is 83.0 Å². The zero-order chi connectivity index (χ0) is 23.4. The molecule has 0 atom stereocenters. The fraction of sp³-hybridized carbons (Fsp3) is 0.130. The van der Waals surface area contributed by atoms with Crippen LogP contribution in [0, 0.1) is 6.92 Å². The molecule has 0 spiro atoms. The molecule has 0 bridgehead atoms. The van der Waals surface area contributed by atoms with E-state index in [1.807, 2.05) is 36.4 Å². The fourth-order valence-corrected chi connectivity index (χ4v) is 3.78. The molecule has 2 aromatic carbocycles. The molecule has 7 nitrogen and oxygen atoms in total. The number of hydrogen-bond donors (Lipinski definition) is 0. The van der Waals surface area contributed by atoms with Crippen molar-refractivity contribution in [2.45, 2.75) is 20.1 Å². The smallest absolute Gasteiger partial charge is 0.331 e. The van der Waals surface area contributed by atoms with Gasteiger partial charge in [0.25, 0.3) is 5.89 Å². The Hall–Kier alpha value is -3.13. The van der Waals surface area contributed by atoms with Crippen LogP contribution in [-0.2, 0) is 22.7 Å². The second kappa shape index (κ2) is 10.2. The van der Waals surface area contributed by atoms with Crippen LogP contribution in [0.15, 0.2) is 59.0 Å². The van der Waals surface area contributed by atoms with Crippen LogP contribution in [0.25, 0.3) is 17.5 Å². The molecule has 0 saturated heterocycles. The van der Waals surface area contributed by atoms with Crippen LogP contribution in [0.1, 0.15) is 22.7 Å². The van der Waals surface area contributed by atoms with Gasteiger partial charge in [-0.25, -0.2) is 9.48 Å². The number of carbonyl (C=O) groups excluding carboxylic acids is 1. The Bertz CT molecular complexity index is 1320. The highest BCUT2D eigenvalue weighted by atomic mass is 35.5. The minimum Gasteiger partial charge on any atom is -0.452 e. The average molecular weight is 504 g/mol. The number of rotatable bonds is 7. The Labute approximate surface area is 204 Å². The first-order valence-electron chi connectivity index (χ1n) is 9.80. The molecule has 2 heterocycles. The van der Waals surface area contributed by atoms with Crippen molar-refractivity contribution in [1.29, 1.82) is 0 Å². The van der Waals surface area contributed by atoms with Crippen LogP contribution in [-0.4, -0.2) is 25.9 Å².